The highest BCUT2D eigenvalue weighted by Crippen LogP contribution is 2.12. The Morgan fingerprint density at radius 2 is 0.600 bits per heavy atom. The molecule has 0 atom stereocenters. The van der Waals surface area contributed by atoms with Gasteiger partial charge in [0.05, 0.1) is 26.4 Å². The van der Waals surface area contributed by atoms with Gasteiger partial charge in [-0.2, -0.15) is 0 Å². The molecule has 0 saturated heterocycles. The molecule has 0 fully saturated rings. The van der Waals surface area contributed by atoms with Crippen molar-refractivity contribution < 1.29 is 23.7 Å². The number of hydrogen-bond donors (Lipinski definition) is 0. The summed E-state index contributed by atoms with van der Waals surface area (Å²) < 4.78 is 30.7. The molecule has 0 spiro atoms. The lowest BCUT2D eigenvalue weighted by molar-refractivity contribution is -0.148. The molecule has 0 bridgehead atoms. The van der Waals surface area contributed by atoms with Crippen molar-refractivity contribution in [1.29, 1.82) is 0 Å². The van der Waals surface area contributed by atoms with Crippen LogP contribution in [0.3, 0.4) is 0 Å². The van der Waals surface area contributed by atoms with E-state index in [9.17, 15) is 0 Å². The van der Waals surface area contributed by atoms with Gasteiger partial charge < -0.3 is 23.7 Å². The smallest absolute Gasteiger partial charge is 0.157 e. The quantitative estimate of drug-likeness (QED) is 0.0591. The van der Waals surface area contributed by atoms with E-state index in [1.165, 1.54) is 22.3 Å². The normalized spacial score (nSPS) is 11.4. The Morgan fingerprint density at radius 3 is 0.867 bits per heavy atom. The van der Waals surface area contributed by atoms with Crippen LogP contribution in [0.2, 0.25) is 0 Å². The Kier molecular flexibility index (Phi) is 17.1. The molecule has 0 unspecified atom stereocenters. The maximum Gasteiger partial charge on any atom is 0.157 e. The van der Waals surface area contributed by atoms with Gasteiger partial charge in [0.15, 0.2) is 12.6 Å². The first-order valence-electron chi connectivity index (χ1n) is 16.5. The van der Waals surface area contributed by atoms with Crippen LogP contribution in [-0.2, 0) is 49.4 Å². The summed E-state index contributed by atoms with van der Waals surface area (Å²) in [7, 11) is 0. The molecule has 4 rings (SSSR count). The topological polar surface area (TPSA) is 46.2 Å². The molecule has 5 nitrogen and oxygen atoms in total. The van der Waals surface area contributed by atoms with Crippen molar-refractivity contribution in [3.05, 3.63) is 144 Å². The third-order valence-electron chi connectivity index (χ3n) is 7.61. The molecule has 0 aliphatic heterocycles. The summed E-state index contributed by atoms with van der Waals surface area (Å²) in [6.07, 6.45) is 6.39. The van der Waals surface area contributed by atoms with Crippen LogP contribution in [0.25, 0.3) is 0 Å². The Hall–Kier alpha value is -3.32. The minimum atomic E-state index is -0.235. The van der Waals surface area contributed by atoms with Gasteiger partial charge in [-0.15, -0.1) is 0 Å². The first kappa shape index (κ1) is 34.6. The van der Waals surface area contributed by atoms with Crippen molar-refractivity contribution in [2.45, 2.75) is 63.9 Å². The van der Waals surface area contributed by atoms with Gasteiger partial charge in [-0.1, -0.05) is 121 Å². The zero-order valence-electron chi connectivity index (χ0n) is 26.6. The second kappa shape index (κ2) is 22.2. The molecule has 0 radical (unpaired) electrons. The van der Waals surface area contributed by atoms with Crippen LogP contribution in [-0.4, -0.2) is 52.2 Å². The Bertz CT molecular complexity index is 1050. The van der Waals surface area contributed by atoms with E-state index in [2.05, 4.69) is 97.1 Å². The van der Waals surface area contributed by atoms with E-state index in [4.69, 9.17) is 23.7 Å². The van der Waals surface area contributed by atoms with Crippen molar-refractivity contribution >= 4 is 0 Å². The lowest BCUT2D eigenvalue weighted by Crippen LogP contribution is -2.21. The lowest BCUT2D eigenvalue weighted by Gasteiger charge is -2.20. The highest BCUT2D eigenvalue weighted by Gasteiger charge is 2.12. The zero-order valence-corrected chi connectivity index (χ0v) is 26.6. The molecule has 0 N–H and O–H groups in total. The van der Waals surface area contributed by atoms with Crippen molar-refractivity contribution in [1.82, 2.24) is 0 Å². The van der Waals surface area contributed by atoms with Crippen LogP contribution < -0.4 is 0 Å². The summed E-state index contributed by atoms with van der Waals surface area (Å²) in [5.74, 6) is 0. The molecule has 0 saturated carbocycles. The van der Waals surface area contributed by atoms with Crippen LogP contribution >= 0.6 is 0 Å². The number of rotatable bonds is 24. The van der Waals surface area contributed by atoms with Crippen LogP contribution in [0, 0.1) is 0 Å². The highest BCUT2D eigenvalue weighted by atomic mass is 16.7. The largest absolute Gasteiger partial charge is 0.381 e. The summed E-state index contributed by atoms with van der Waals surface area (Å²) in [6, 6.07) is 41.8. The number of hydrogen-bond acceptors (Lipinski definition) is 5. The van der Waals surface area contributed by atoms with Gasteiger partial charge in [-0.05, 0) is 60.8 Å². The molecule has 4 aromatic rings. The molecule has 0 heterocycles. The van der Waals surface area contributed by atoms with E-state index in [0.717, 1.165) is 51.4 Å². The minimum Gasteiger partial charge on any atom is -0.381 e. The highest BCUT2D eigenvalue weighted by molar-refractivity contribution is 5.16. The van der Waals surface area contributed by atoms with Crippen LogP contribution in [0.15, 0.2) is 121 Å². The van der Waals surface area contributed by atoms with Crippen molar-refractivity contribution in [3.63, 3.8) is 0 Å². The van der Waals surface area contributed by atoms with E-state index >= 15 is 0 Å². The second-order valence-corrected chi connectivity index (χ2v) is 11.2. The standard InChI is InChI=1S/C40H50O5/c1-5-15-35(16-6-1)25-31-42-39(43-32-26-36-17-7-2-8-18-36)23-13-29-41-30-14-24-40(44-33-27-37-19-9-3-10-20-37)45-34-28-38-21-11-4-12-22-38/h1-12,15-22,39-40H,13-14,23-34H2. The monoisotopic (exact) mass is 610 g/mol. The molecular weight excluding hydrogens is 560 g/mol. The maximum atomic E-state index is 6.17. The SMILES string of the molecule is c1ccc(CCOC(CCCOCCCC(OCCc2ccccc2)OCCc2ccccc2)OCCc2ccccc2)cc1. The maximum absolute atomic E-state index is 6.17. The van der Waals surface area contributed by atoms with Gasteiger partial charge in [0.25, 0.3) is 0 Å². The minimum absolute atomic E-state index is 0.235. The molecule has 0 aliphatic rings. The fraction of sp³-hybridized carbons (Fsp3) is 0.400. The summed E-state index contributed by atoms with van der Waals surface area (Å²) >= 11 is 0. The average molecular weight is 611 g/mol. The fourth-order valence-electron chi connectivity index (χ4n) is 5.05. The molecule has 240 valence electrons. The molecular formula is C40H50O5. The molecule has 45 heavy (non-hydrogen) atoms. The molecule has 5 heteroatoms. The van der Waals surface area contributed by atoms with Gasteiger partial charge in [-0.25, -0.2) is 0 Å². The van der Waals surface area contributed by atoms with Crippen LogP contribution in [0.1, 0.15) is 47.9 Å². The third kappa shape index (κ3) is 15.5. The van der Waals surface area contributed by atoms with Crippen LogP contribution in [0.4, 0.5) is 0 Å². The molecule has 0 aromatic heterocycles. The number of ether oxygens (including phenoxy) is 5. The van der Waals surface area contributed by atoms with E-state index in [0.29, 0.717) is 39.6 Å². The van der Waals surface area contributed by atoms with Crippen molar-refractivity contribution in [2.75, 3.05) is 39.6 Å². The Labute approximate surface area is 270 Å². The average Bonchev–Trinajstić information content (AvgIpc) is 3.09. The summed E-state index contributed by atoms with van der Waals surface area (Å²) in [6.45, 7) is 3.89. The number of benzene rings is 4. The van der Waals surface area contributed by atoms with Gasteiger partial charge in [-0.3, -0.25) is 0 Å². The van der Waals surface area contributed by atoms with E-state index in [1.807, 2.05) is 24.3 Å². The van der Waals surface area contributed by atoms with Gasteiger partial charge in [0.2, 0.25) is 0 Å². The van der Waals surface area contributed by atoms with E-state index in [-0.39, 0.29) is 12.6 Å². The summed E-state index contributed by atoms with van der Waals surface area (Å²) in [5.41, 5.74) is 5.09. The summed E-state index contributed by atoms with van der Waals surface area (Å²) in [5, 5.41) is 0. The van der Waals surface area contributed by atoms with Gasteiger partial charge in [0, 0.05) is 26.1 Å². The summed E-state index contributed by atoms with van der Waals surface area (Å²) in [4.78, 5) is 0. The second-order valence-electron chi connectivity index (χ2n) is 11.2. The lowest BCUT2D eigenvalue weighted by atomic mass is 10.2. The van der Waals surface area contributed by atoms with E-state index in [1.54, 1.807) is 0 Å². The third-order valence-corrected chi connectivity index (χ3v) is 7.61. The molecule has 0 amide bonds. The van der Waals surface area contributed by atoms with Crippen LogP contribution in [0.5, 0.6) is 0 Å². The first-order valence-corrected chi connectivity index (χ1v) is 16.5. The Morgan fingerprint density at radius 1 is 0.333 bits per heavy atom. The fourth-order valence-corrected chi connectivity index (χ4v) is 5.05. The van der Waals surface area contributed by atoms with Crippen molar-refractivity contribution in [2.24, 2.45) is 0 Å². The zero-order chi connectivity index (χ0) is 31.0. The predicted octanol–water partition coefficient (Wildman–Crippen LogP) is 8.25. The molecule has 0 aliphatic carbocycles. The molecule has 4 aromatic carbocycles. The first-order chi connectivity index (χ1) is 22.3. The van der Waals surface area contributed by atoms with Gasteiger partial charge >= 0.3 is 0 Å². The van der Waals surface area contributed by atoms with E-state index < -0.39 is 0 Å². The van der Waals surface area contributed by atoms with Gasteiger partial charge in [0.1, 0.15) is 0 Å². The predicted molar refractivity (Wildman–Crippen MR) is 181 cm³/mol. The van der Waals surface area contributed by atoms with Crippen molar-refractivity contribution in [3.8, 4) is 0 Å². The Balaban J connectivity index is 1.13.